The van der Waals surface area contributed by atoms with E-state index in [1.165, 1.54) is 47.3 Å². The molecule has 0 amide bonds. The molecule has 0 heterocycles. The molecule has 0 saturated heterocycles. The van der Waals surface area contributed by atoms with Gasteiger partial charge in [-0.05, 0) is 11.1 Å². The molecule has 6 rings (SSSR count). The second kappa shape index (κ2) is 9.69. The summed E-state index contributed by atoms with van der Waals surface area (Å²) in [5.41, 5.74) is 3.15. The van der Waals surface area contributed by atoms with Crippen LogP contribution in [-0.4, -0.2) is 8.07 Å². The second-order valence-electron chi connectivity index (χ2n) is 8.63. The van der Waals surface area contributed by atoms with Crippen LogP contribution in [-0.2, 0) is 20.8 Å². The number of rotatable bonds is 2. The Kier molecular flexibility index (Phi) is 7.07. The number of hydrogen-bond donors (Lipinski definition) is 0. The second-order valence-corrected chi connectivity index (χ2v) is 16.6. The van der Waals surface area contributed by atoms with Crippen molar-refractivity contribution in [3.63, 3.8) is 0 Å². The molecule has 0 N–H and O–H groups in total. The summed E-state index contributed by atoms with van der Waals surface area (Å²) in [4.78, 5) is 0. The van der Waals surface area contributed by atoms with Crippen molar-refractivity contribution in [2.45, 2.75) is 13.1 Å². The summed E-state index contributed by atoms with van der Waals surface area (Å²) < 4.78 is 0. The molecular weight excluding hydrogens is 527 g/mol. The molecular formula is C28H22Cl2SiZr. The molecule has 0 aromatic rings. The van der Waals surface area contributed by atoms with Gasteiger partial charge in [0.05, 0.1) is 8.07 Å². The topological polar surface area (TPSA) is 0 Å². The van der Waals surface area contributed by atoms with E-state index in [1.807, 2.05) is 0 Å². The first-order valence-corrected chi connectivity index (χ1v) is 20.0. The van der Waals surface area contributed by atoms with Crippen LogP contribution in [0.4, 0.5) is 0 Å². The van der Waals surface area contributed by atoms with Crippen LogP contribution in [0.25, 0.3) is 0 Å². The van der Waals surface area contributed by atoms with Crippen molar-refractivity contribution in [1.82, 2.24) is 0 Å². The van der Waals surface area contributed by atoms with Crippen molar-refractivity contribution in [2.24, 2.45) is 0 Å². The van der Waals surface area contributed by atoms with Crippen LogP contribution in [0.2, 0.25) is 13.1 Å². The van der Waals surface area contributed by atoms with Gasteiger partial charge in [-0.2, -0.15) is 0 Å². The molecule has 2 fully saturated rings. The number of halogens is 2. The van der Waals surface area contributed by atoms with Crippen LogP contribution in [0, 0.1) is 58.4 Å². The van der Waals surface area contributed by atoms with E-state index >= 15 is 0 Å². The third-order valence-electron chi connectivity index (χ3n) is 6.62. The maximum absolute atomic E-state index is 4.93. The van der Waals surface area contributed by atoms with E-state index in [0.29, 0.717) is 0 Å². The molecule has 10 radical (unpaired) electrons. The van der Waals surface area contributed by atoms with E-state index in [9.17, 15) is 0 Å². The van der Waals surface area contributed by atoms with Gasteiger partial charge in [0, 0.05) is 47.3 Å². The zero-order valence-electron chi connectivity index (χ0n) is 18.0. The molecule has 0 spiro atoms. The zero-order chi connectivity index (χ0) is 22.3. The van der Waals surface area contributed by atoms with E-state index in [2.05, 4.69) is 110 Å². The molecule has 0 nitrogen and oxygen atoms in total. The first kappa shape index (κ1) is 23.3. The summed E-state index contributed by atoms with van der Waals surface area (Å²) in [6, 6.07) is 0. The van der Waals surface area contributed by atoms with Crippen LogP contribution >= 0.6 is 17.0 Å². The van der Waals surface area contributed by atoms with Gasteiger partial charge >= 0.3 is 37.9 Å². The monoisotopic (exact) mass is 546 g/mol. The molecule has 6 aliphatic carbocycles. The third-order valence-corrected chi connectivity index (χ3v) is 10.2. The van der Waals surface area contributed by atoms with Crippen molar-refractivity contribution in [2.75, 3.05) is 0 Å². The van der Waals surface area contributed by atoms with Crippen LogP contribution in [0.15, 0.2) is 97.2 Å². The molecule has 0 bridgehead atoms. The van der Waals surface area contributed by atoms with E-state index in [-0.39, 0.29) is 0 Å². The summed E-state index contributed by atoms with van der Waals surface area (Å²) in [5, 5.41) is 0. The fourth-order valence-corrected chi connectivity index (χ4v) is 9.32. The SMILES string of the molecule is C[Si](C)([C]1[C]2C=CC=C[C]2[C]2C=CC=C[C]21)[C]1[C]2C=CC=C[C]2[C]2C=CC=C[C]21.[Cl][Zr][Cl]. The molecule has 0 unspecified atom stereocenters. The predicted octanol–water partition coefficient (Wildman–Crippen LogP) is 7.43. The Hall–Kier alpha value is -0.400. The molecule has 156 valence electrons. The number of hydrogen-bond acceptors (Lipinski definition) is 0. The van der Waals surface area contributed by atoms with E-state index in [1.54, 1.807) is 11.1 Å². The van der Waals surface area contributed by atoms with Gasteiger partial charge in [-0.25, -0.2) is 0 Å². The molecule has 4 heteroatoms. The quantitative estimate of drug-likeness (QED) is 0.315. The Morgan fingerprint density at radius 3 is 0.844 bits per heavy atom. The van der Waals surface area contributed by atoms with Crippen molar-refractivity contribution >= 4 is 25.1 Å². The summed E-state index contributed by atoms with van der Waals surface area (Å²) in [7, 11) is 7.86. The molecule has 32 heavy (non-hydrogen) atoms. The fraction of sp³-hybridized carbons (Fsp3) is 0.0714. The van der Waals surface area contributed by atoms with Crippen LogP contribution < -0.4 is 0 Å². The predicted molar refractivity (Wildman–Crippen MR) is 135 cm³/mol. The Labute approximate surface area is 213 Å². The van der Waals surface area contributed by atoms with Crippen molar-refractivity contribution in [1.29, 1.82) is 0 Å². The van der Waals surface area contributed by atoms with Gasteiger partial charge in [-0.1, -0.05) is 110 Å². The standard InChI is InChI=1S/C28H22Si.2ClH.Zr/c1-29(2,27-23-15-7-3-11-19(23)20-12-4-8-16-24(20)27)28-25-17-9-5-13-21(25)22-14-6-10-18-26(22)28;;;/h3-18H,1-2H3;2*1H;/q;;;+2/p-2. The Morgan fingerprint density at radius 1 is 0.438 bits per heavy atom. The van der Waals surface area contributed by atoms with E-state index in [4.69, 9.17) is 17.0 Å². The van der Waals surface area contributed by atoms with Gasteiger partial charge in [0.15, 0.2) is 0 Å². The molecule has 0 atom stereocenters. The average molecular weight is 549 g/mol. The molecule has 6 aliphatic rings. The summed E-state index contributed by atoms with van der Waals surface area (Å²) >= 11 is -0.826. The summed E-state index contributed by atoms with van der Waals surface area (Å²) in [6.07, 6.45) is 35.9. The number of allylic oxidation sites excluding steroid dienone is 16. The molecule has 0 aliphatic heterocycles. The Bertz CT molecular complexity index is 810. The Morgan fingerprint density at radius 2 is 0.625 bits per heavy atom. The minimum atomic E-state index is -2.01. The van der Waals surface area contributed by atoms with Gasteiger partial charge < -0.3 is 0 Å². The fourth-order valence-electron chi connectivity index (χ4n) is 5.51. The molecule has 0 aromatic carbocycles. The molecule has 0 aromatic heterocycles. The van der Waals surface area contributed by atoms with Crippen molar-refractivity contribution < 1.29 is 20.8 Å². The zero-order valence-corrected chi connectivity index (χ0v) is 23.0. The van der Waals surface area contributed by atoms with Gasteiger partial charge in [0.2, 0.25) is 0 Å². The van der Waals surface area contributed by atoms with Crippen LogP contribution in [0.3, 0.4) is 0 Å². The van der Waals surface area contributed by atoms with Crippen molar-refractivity contribution in [3.8, 4) is 0 Å². The van der Waals surface area contributed by atoms with Crippen LogP contribution in [0.5, 0.6) is 0 Å². The van der Waals surface area contributed by atoms with Gasteiger partial charge in [-0.3, -0.25) is 0 Å². The van der Waals surface area contributed by atoms with E-state index < -0.39 is 28.9 Å². The number of fused-ring (bicyclic) bond motifs is 6. The summed E-state index contributed by atoms with van der Waals surface area (Å²) in [6.45, 7) is 5.07. The maximum atomic E-state index is 4.93. The van der Waals surface area contributed by atoms with Gasteiger partial charge in [-0.15, -0.1) is 0 Å². The summed E-state index contributed by atoms with van der Waals surface area (Å²) in [5.74, 6) is 11.3. The van der Waals surface area contributed by atoms with E-state index in [0.717, 1.165) is 0 Å². The Balaban J connectivity index is 0.000000684. The van der Waals surface area contributed by atoms with Gasteiger partial charge in [0.25, 0.3) is 0 Å². The first-order valence-electron chi connectivity index (χ1n) is 10.7. The van der Waals surface area contributed by atoms with Gasteiger partial charge in [0.1, 0.15) is 0 Å². The minimum absolute atomic E-state index is 0.826. The normalized spacial score (nSPS) is 27.0. The van der Waals surface area contributed by atoms with Crippen molar-refractivity contribution in [3.05, 3.63) is 156 Å². The molecule has 2 saturated carbocycles. The van der Waals surface area contributed by atoms with Crippen LogP contribution in [0.1, 0.15) is 0 Å². The third kappa shape index (κ3) is 3.82. The average Bonchev–Trinajstić information content (AvgIpc) is 3.34. The first-order chi connectivity index (χ1) is 15.6.